The highest BCUT2D eigenvalue weighted by Crippen LogP contribution is 2.40. The van der Waals surface area contributed by atoms with E-state index in [2.05, 4.69) is 114 Å². The molecule has 0 saturated carbocycles. The van der Waals surface area contributed by atoms with Gasteiger partial charge in [0.2, 0.25) is 0 Å². The fourth-order valence-corrected chi connectivity index (χ4v) is 11.2. The smallest absolute Gasteiger partial charge is 0.331 e. The molecule has 0 saturated heterocycles. The number of esters is 5. The molecule has 0 unspecified atom stereocenters. The van der Waals surface area contributed by atoms with Crippen molar-refractivity contribution in [2.75, 3.05) is 60.0 Å². The first-order valence-corrected chi connectivity index (χ1v) is 34.7. The van der Waals surface area contributed by atoms with Crippen LogP contribution in [-0.4, -0.2) is 89.8 Å². The van der Waals surface area contributed by atoms with Crippen LogP contribution in [0.5, 0.6) is 23.0 Å². The molecule has 4 rings (SSSR count). The van der Waals surface area contributed by atoms with Gasteiger partial charge in [0.25, 0.3) is 0 Å². The van der Waals surface area contributed by atoms with E-state index in [0.717, 1.165) is 202 Å². The number of aryl methyl sites for hydroxylation is 5. The minimum absolute atomic E-state index is 0.0440. The highest BCUT2D eigenvalue weighted by atomic mass is 16.6. The first-order chi connectivity index (χ1) is 45.3. The molecular weight excluding hydrogens is 1170 g/mol. The first-order valence-electron chi connectivity index (χ1n) is 34.7. The van der Waals surface area contributed by atoms with Crippen LogP contribution in [0.3, 0.4) is 0 Å². The minimum Gasteiger partial charge on any atom is -0.493 e. The van der Waals surface area contributed by atoms with Crippen molar-refractivity contribution >= 4 is 29.8 Å². The average molecular weight is 1280 g/mol. The normalized spacial score (nSPS) is 11.0. The lowest BCUT2D eigenvalue weighted by atomic mass is 9.89. The number of rotatable bonds is 52. The summed E-state index contributed by atoms with van der Waals surface area (Å²) in [7, 11) is 1.24. The molecule has 0 N–H and O–H groups in total. The van der Waals surface area contributed by atoms with Crippen molar-refractivity contribution in [3.63, 3.8) is 0 Å². The number of carbonyl (C=O) groups is 5. The van der Waals surface area contributed by atoms with E-state index in [-0.39, 0.29) is 39.6 Å². The second kappa shape index (κ2) is 47.3. The Morgan fingerprint density at radius 1 is 0.333 bits per heavy atom. The number of benzene rings is 4. The Morgan fingerprint density at radius 3 is 1.00 bits per heavy atom. The van der Waals surface area contributed by atoms with Crippen LogP contribution in [0.4, 0.5) is 0 Å². The molecule has 0 bridgehead atoms. The molecule has 93 heavy (non-hydrogen) atoms. The van der Waals surface area contributed by atoms with Crippen molar-refractivity contribution in [1.29, 1.82) is 0 Å². The third-order valence-corrected chi connectivity index (χ3v) is 16.0. The Kier molecular flexibility index (Phi) is 39.6. The summed E-state index contributed by atoms with van der Waals surface area (Å²) in [6, 6.07) is 20.3. The highest BCUT2D eigenvalue weighted by Gasteiger charge is 2.23. The van der Waals surface area contributed by atoms with Crippen LogP contribution in [0, 0.1) is 0 Å². The van der Waals surface area contributed by atoms with Gasteiger partial charge in [0.1, 0.15) is 23.0 Å². The third-order valence-electron chi connectivity index (χ3n) is 16.0. The second-order valence-electron chi connectivity index (χ2n) is 23.7. The zero-order chi connectivity index (χ0) is 67.3. The van der Waals surface area contributed by atoms with Crippen molar-refractivity contribution in [3.8, 4) is 23.0 Å². The Morgan fingerprint density at radius 2 is 0.645 bits per heavy atom. The van der Waals surface area contributed by atoms with E-state index in [9.17, 15) is 24.0 Å². The average Bonchev–Trinajstić information content (AvgIpc) is 0.946. The fraction of sp³-hybridized carbons (Fsp3) is 0.532. The first kappa shape index (κ1) is 77.8. The van der Waals surface area contributed by atoms with Gasteiger partial charge in [-0.2, -0.15) is 0 Å². The Hall–Kier alpha value is -7.61. The van der Waals surface area contributed by atoms with Gasteiger partial charge in [0, 0.05) is 75.3 Å². The van der Waals surface area contributed by atoms with E-state index in [1.165, 1.54) is 54.4 Å². The van der Waals surface area contributed by atoms with Gasteiger partial charge in [-0.1, -0.05) is 180 Å². The summed E-state index contributed by atoms with van der Waals surface area (Å²) in [6.45, 7) is 23.5. The minimum atomic E-state index is -0.665. The number of methoxy groups -OCH3 is 1. The molecular formula is C79H110O14. The standard InChI is InChI=1S/C79H110O14/c1-10-18-22-26-34-60-38-39-71(86-42-30-43-87-72(80)15-6)65(50-60)57-66-53-62(36-28-24-20-12-3)54-69(78(66)92-49-33-46-90-76(84)41-40-75(83)85-9)59-70-56-63(37-29-25-21-13-4)55-68(79(70)93-48-32-45-89-74(82)17-8)58-67-52-61(35-27-23-19-11-2)51-64(14-5)77(67)91-47-31-44-88-73(81)16-7/h15-17,38-41,50-56H,6-8,10-14,18-37,42-49,57-59H2,1-5,9H3/b41-40-. The molecule has 0 heterocycles. The third kappa shape index (κ3) is 30.8. The summed E-state index contributed by atoms with van der Waals surface area (Å²) >= 11 is 0. The zero-order valence-electron chi connectivity index (χ0n) is 57.4. The molecule has 0 amide bonds. The summed E-state index contributed by atoms with van der Waals surface area (Å²) in [5, 5.41) is 0. The maximum Gasteiger partial charge on any atom is 0.331 e. The molecule has 0 aliphatic rings. The summed E-state index contributed by atoms with van der Waals surface area (Å²) < 4.78 is 54.0. The SMILES string of the molecule is C=CC(=O)OCCCOc1ccc(CCCCCC)cc1Cc1cc(CCCCCC)cc(Cc2cc(CCCCCC)cc(Cc3cc(CCCCCC)cc(CC)c3OCCCOC(=O)C=C)c2OCCCOC(=O)C=C)c1OCCCOC(=O)/C=C\C(=O)OC. The molecule has 0 fully saturated rings. The molecule has 510 valence electrons. The van der Waals surface area contributed by atoms with Gasteiger partial charge in [-0.15, -0.1) is 0 Å². The number of ether oxygens (including phenoxy) is 9. The largest absolute Gasteiger partial charge is 0.493 e. The summed E-state index contributed by atoms with van der Waals surface area (Å²) in [5.41, 5.74) is 12.0. The van der Waals surface area contributed by atoms with Crippen molar-refractivity contribution < 1.29 is 66.6 Å². The van der Waals surface area contributed by atoms with Gasteiger partial charge in [-0.05, 0) is 125 Å². The topological polar surface area (TPSA) is 168 Å². The lowest BCUT2D eigenvalue weighted by Gasteiger charge is -2.23. The maximum absolute atomic E-state index is 12.7. The van der Waals surface area contributed by atoms with Crippen LogP contribution in [0.2, 0.25) is 0 Å². The molecule has 0 radical (unpaired) electrons. The van der Waals surface area contributed by atoms with Gasteiger partial charge in [-0.25, -0.2) is 24.0 Å². The maximum atomic E-state index is 12.7. The van der Waals surface area contributed by atoms with Crippen molar-refractivity contribution in [2.45, 2.75) is 214 Å². The van der Waals surface area contributed by atoms with Crippen molar-refractivity contribution in [3.05, 3.63) is 166 Å². The predicted molar refractivity (Wildman–Crippen MR) is 371 cm³/mol. The monoisotopic (exact) mass is 1280 g/mol. The van der Waals surface area contributed by atoms with Crippen molar-refractivity contribution in [2.24, 2.45) is 0 Å². The summed E-state index contributed by atoms with van der Waals surface area (Å²) in [5.74, 6) is 0.265. The van der Waals surface area contributed by atoms with Crippen molar-refractivity contribution in [1.82, 2.24) is 0 Å². The highest BCUT2D eigenvalue weighted by molar-refractivity contribution is 5.91. The summed E-state index contributed by atoms with van der Waals surface area (Å²) in [4.78, 5) is 60.8. The second-order valence-corrected chi connectivity index (χ2v) is 23.7. The molecule has 0 spiro atoms. The van der Waals surface area contributed by atoms with Crippen LogP contribution >= 0.6 is 0 Å². The zero-order valence-corrected chi connectivity index (χ0v) is 57.4. The number of hydrogen-bond donors (Lipinski definition) is 0. The summed E-state index contributed by atoms with van der Waals surface area (Å²) in [6.07, 6.45) is 30.8. The van der Waals surface area contributed by atoms with Crippen LogP contribution in [0.25, 0.3) is 0 Å². The molecule has 4 aromatic rings. The van der Waals surface area contributed by atoms with E-state index in [1.54, 1.807) is 0 Å². The number of unbranched alkanes of at least 4 members (excludes halogenated alkanes) is 12. The van der Waals surface area contributed by atoms with E-state index in [4.69, 9.17) is 37.9 Å². The quantitative estimate of drug-likeness (QED) is 0.0177. The van der Waals surface area contributed by atoms with Gasteiger partial charge in [-0.3, -0.25) is 0 Å². The lowest BCUT2D eigenvalue weighted by molar-refractivity contribution is -0.139. The van der Waals surface area contributed by atoms with E-state index in [1.807, 2.05) is 0 Å². The molecule has 4 aromatic carbocycles. The Balaban J connectivity index is 2.06. The lowest BCUT2D eigenvalue weighted by Crippen LogP contribution is -2.12. The number of hydrogen-bond acceptors (Lipinski definition) is 14. The number of carbonyl (C=O) groups excluding carboxylic acids is 5. The van der Waals surface area contributed by atoms with Crippen LogP contribution in [0.15, 0.2) is 105 Å². The van der Waals surface area contributed by atoms with Crippen LogP contribution < -0.4 is 18.9 Å². The molecule has 0 aliphatic heterocycles. The Labute approximate surface area is 557 Å². The van der Waals surface area contributed by atoms with Crippen LogP contribution in [0.1, 0.15) is 224 Å². The Bertz CT molecular complexity index is 2950. The van der Waals surface area contributed by atoms with E-state index < -0.39 is 29.8 Å². The van der Waals surface area contributed by atoms with E-state index in [0.29, 0.717) is 58.2 Å². The van der Waals surface area contributed by atoms with Gasteiger partial charge in [0.15, 0.2) is 0 Å². The van der Waals surface area contributed by atoms with E-state index >= 15 is 0 Å². The predicted octanol–water partition coefficient (Wildman–Crippen LogP) is 17.0. The van der Waals surface area contributed by atoms with Gasteiger partial charge >= 0.3 is 29.8 Å². The van der Waals surface area contributed by atoms with Gasteiger partial charge in [0.05, 0.1) is 60.0 Å². The fourth-order valence-electron chi connectivity index (χ4n) is 11.2. The molecule has 0 atom stereocenters. The van der Waals surface area contributed by atoms with Gasteiger partial charge < -0.3 is 42.6 Å². The molecule has 14 nitrogen and oxygen atoms in total. The molecule has 0 aliphatic carbocycles. The molecule has 0 aromatic heterocycles. The molecule has 14 heteroatoms. The van der Waals surface area contributed by atoms with Crippen LogP contribution in [-0.2, 0) is 99.0 Å².